The first kappa shape index (κ1) is 32.9. The molecule has 1 saturated heterocycles. The molecule has 0 aliphatic carbocycles. The Morgan fingerprint density at radius 1 is 1.02 bits per heavy atom. The van der Waals surface area contributed by atoms with Crippen molar-refractivity contribution in [1.29, 1.82) is 0 Å². The number of nitrogen functional groups attached to an aromatic ring is 1. The number of carbonyl (C=O) groups is 1. The maximum Gasteiger partial charge on any atom is 0.332 e. The van der Waals surface area contributed by atoms with Gasteiger partial charge in [-0.1, -0.05) is 12.1 Å². The summed E-state index contributed by atoms with van der Waals surface area (Å²) in [7, 11) is 1.73. The van der Waals surface area contributed by atoms with Crippen LogP contribution in [0.15, 0.2) is 44.6 Å². The fraction of sp³-hybridized carbons (Fsp3) is 0.406. The summed E-state index contributed by atoms with van der Waals surface area (Å²) in [4.78, 5) is 56.1. The minimum Gasteiger partial charge on any atom is -0.453 e. The number of nitrogens with one attached hydrogen (secondary N) is 2. The first-order valence-electron chi connectivity index (χ1n) is 16.3. The van der Waals surface area contributed by atoms with E-state index in [4.69, 9.17) is 14.9 Å². The number of amides is 1. The third-order valence-electron chi connectivity index (χ3n) is 8.95. The number of hydrogen-bond donors (Lipinski definition) is 5. The summed E-state index contributed by atoms with van der Waals surface area (Å²) < 4.78 is 17.7. The molecule has 0 spiro atoms. The zero-order chi connectivity index (χ0) is 35.4. The topological polar surface area (TPSA) is 235 Å². The summed E-state index contributed by atoms with van der Waals surface area (Å²) in [6.45, 7) is 6.70. The predicted molar refractivity (Wildman–Crippen MR) is 182 cm³/mol. The minimum atomic E-state index is -1.45. The second-order valence-corrected chi connectivity index (χ2v) is 12.0. The highest BCUT2D eigenvalue weighted by Crippen LogP contribution is 2.33. The van der Waals surface area contributed by atoms with Gasteiger partial charge in [-0.05, 0) is 44.9 Å². The van der Waals surface area contributed by atoms with Gasteiger partial charge in [0.25, 0.3) is 11.5 Å². The third kappa shape index (κ3) is 5.28. The number of aliphatic hydroxyl groups is 2. The number of hydrogen-bond acceptors (Lipinski definition) is 13. The summed E-state index contributed by atoms with van der Waals surface area (Å²) in [5, 5.41) is 27.8. The van der Waals surface area contributed by atoms with Crippen molar-refractivity contribution >= 4 is 51.0 Å². The average Bonchev–Trinajstić information content (AvgIpc) is 3.85. The van der Waals surface area contributed by atoms with E-state index in [0.29, 0.717) is 54.4 Å². The van der Waals surface area contributed by atoms with Crippen LogP contribution < -0.4 is 27.6 Å². The van der Waals surface area contributed by atoms with Crippen LogP contribution >= 0.6 is 0 Å². The maximum absolute atomic E-state index is 13.2. The molecule has 0 saturated carbocycles. The summed E-state index contributed by atoms with van der Waals surface area (Å²) in [6.07, 6.45) is -3.35. The summed E-state index contributed by atoms with van der Waals surface area (Å²) in [5.41, 5.74) is 8.13. The van der Waals surface area contributed by atoms with Gasteiger partial charge in [0.2, 0.25) is 5.95 Å². The van der Waals surface area contributed by atoms with Crippen molar-refractivity contribution in [3.8, 4) is 11.6 Å². The first-order chi connectivity index (χ1) is 24.1. The number of rotatable bonds is 10. The second-order valence-electron chi connectivity index (χ2n) is 12.0. The monoisotopic (exact) mass is 687 g/mol. The van der Waals surface area contributed by atoms with Crippen molar-refractivity contribution in [3.05, 3.63) is 57.0 Å². The van der Waals surface area contributed by atoms with Crippen LogP contribution in [0.25, 0.3) is 44.9 Å². The molecular weight excluding hydrogens is 650 g/mol. The minimum absolute atomic E-state index is 0.0978. The normalized spacial score (nSPS) is 19.2. The van der Waals surface area contributed by atoms with Crippen LogP contribution in [0.3, 0.4) is 0 Å². The lowest BCUT2D eigenvalue weighted by Gasteiger charge is -2.16. The zero-order valence-corrected chi connectivity index (χ0v) is 27.8. The Balaban J connectivity index is 1.10. The molecule has 1 aromatic carbocycles. The Labute approximate surface area is 283 Å². The molecule has 0 unspecified atom stereocenters. The van der Waals surface area contributed by atoms with Gasteiger partial charge in [0.15, 0.2) is 46.5 Å². The third-order valence-corrected chi connectivity index (χ3v) is 8.95. The van der Waals surface area contributed by atoms with E-state index in [1.54, 1.807) is 25.5 Å². The van der Waals surface area contributed by atoms with Gasteiger partial charge < -0.3 is 40.3 Å². The SMILES string of the molecule is CCNC(=O)[C@H]1O[C@@H](n2cnc3c(N)nc(NCCc4ccc5cc(-c6nc7c(c(=O)n(CC)c(=O)n7CC)n6C)oc5c4)nc32)[C@H](O)[C@@H]1O. The number of aryl methyl sites for hydroxylation is 2. The van der Waals surface area contributed by atoms with Gasteiger partial charge in [-0.25, -0.2) is 14.8 Å². The Bertz CT molecular complexity index is 2390. The number of nitrogens with two attached hydrogens (primary N) is 1. The van der Waals surface area contributed by atoms with Crippen LogP contribution in [-0.2, 0) is 36.1 Å². The lowest BCUT2D eigenvalue weighted by atomic mass is 10.1. The number of nitrogens with zero attached hydrogens (tertiary/aromatic N) is 8. The highest BCUT2D eigenvalue weighted by molar-refractivity contribution is 5.85. The molecule has 50 heavy (non-hydrogen) atoms. The number of furan rings is 1. The number of imidazole rings is 2. The fourth-order valence-electron chi connectivity index (χ4n) is 6.39. The average molecular weight is 688 g/mol. The number of aromatic nitrogens is 8. The van der Waals surface area contributed by atoms with E-state index in [2.05, 4.69) is 30.6 Å². The van der Waals surface area contributed by atoms with Crippen LogP contribution in [-0.4, -0.2) is 85.7 Å². The van der Waals surface area contributed by atoms with Gasteiger partial charge in [-0.3, -0.25) is 23.3 Å². The van der Waals surface area contributed by atoms with E-state index in [-0.39, 0.29) is 29.5 Å². The van der Waals surface area contributed by atoms with Crippen LogP contribution in [0.2, 0.25) is 0 Å². The van der Waals surface area contributed by atoms with Crippen LogP contribution in [0.5, 0.6) is 0 Å². The van der Waals surface area contributed by atoms with Crippen LogP contribution in [0.4, 0.5) is 11.8 Å². The number of ether oxygens (including phenoxy) is 1. The van der Waals surface area contributed by atoms with Gasteiger partial charge in [0.05, 0.1) is 6.33 Å². The van der Waals surface area contributed by atoms with Gasteiger partial charge in [-0.15, -0.1) is 0 Å². The molecule has 1 aliphatic rings. The van der Waals surface area contributed by atoms with Crippen LogP contribution in [0.1, 0.15) is 32.6 Å². The van der Waals surface area contributed by atoms with Gasteiger partial charge in [0.1, 0.15) is 23.3 Å². The van der Waals surface area contributed by atoms with Gasteiger partial charge in [0, 0.05) is 38.6 Å². The number of fused-ring (bicyclic) bond motifs is 3. The standard InChI is InChI=1S/C32H37N11O7/c1-5-34-28(46)23-21(44)22(45)30(50-23)43-14-36-19-24(33)37-31(39-26(19)43)35-11-10-15-8-9-16-13-18(49-17(16)12-15)25-38-27-20(40(25)4)29(47)42(7-3)32(48)41(27)6-2/h8-9,12-14,21-23,30,44-45H,5-7,10-11H2,1-4H3,(H,34,46)(H3,33,35,37,39)/t21-,22+,23-,30+/m0/s1. The van der Waals surface area contributed by atoms with Crippen molar-refractivity contribution in [3.63, 3.8) is 0 Å². The largest absolute Gasteiger partial charge is 0.453 e. The molecule has 18 heteroatoms. The van der Waals surface area contributed by atoms with Crippen molar-refractivity contribution in [2.75, 3.05) is 24.1 Å². The summed E-state index contributed by atoms with van der Waals surface area (Å²) in [5.74, 6) is 0.659. The molecular formula is C32H37N11O7. The molecule has 6 N–H and O–H groups in total. The molecule has 0 bridgehead atoms. The summed E-state index contributed by atoms with van der Waals surface area (Å²) in [6, 6.07) is 7.66. The van der Waals surface area contributed by atoms with E-state index >= 15 is 0 Å². The lowest BCUT2D eigenvalue weighted by molar-refractivity contribution is -0.137. The predicted octanol–water partition coefficient (Wildman–Crippen LogP) is 0.482. The number of benzene rings is 1. The number of anilines is 2. The summed E-state index contributed by atoms with van der Waals surface area (Å²) >= 11 is 0. The molecule has 1 aliphatic heterocycles. The van der Waals surface area contributed by atoms with E-state index in [1.165, 1.54) is 20.0 Å². The van der Waals surface area contributed by atoms with E-state index in [0.717, 1.165) is 10.9 Å². The molecule has 6 heterocycles. The highest BCUT2D eigenvalue weighted by atomic mass is 16.6. The lowest BCUT2D eigenvalue weighted by Crippen LogP contribution is -2.42. The van der Waals surface area contributed by atoms with Crippen molar-refractivity contribution in [1.82, 2.24) is 43.5 Å². The highest BCUT2D eigenvalue weighted by Gasteiger charge is 2.47. The smallest absolute Gasteiger partial charge is 0.332 e. The maximum atomic E-state index is 13.2. The zero-order valence-electron chi connectivity index (χ0n) is 27.8. The quantitative estimate of drug-likeness (QED) is 0.132. The van der Waals surface area contributed by atoms with Gasteiger partial charge >= 0.3 is 5.69 Å². The first-order valence-corrected chi connectivity index (χ1v) is 16.3. The Morgan fingerprint density at radius 3 is 2.54 bits per heavy atom. The fourth-order valence-corrected chi connectivity index (χ4v) is 6.39. The Hall–Kier alpha value is -5.59. The Kier molecular flexibility index (Phi) is 8.36. The number of carbonyl (C=O) groups excluding carboxylic acids is 1. The molecule has 262 valence electrons. The van der Waals surface area contributed by atoms with E-state index in [1.807, 2.05) is 31.2 Å². The van der Waals surface area contributed by atoms with Crippen molar-refractivity contribution in [2.24, 2.45) is 7.05 Å². The molecule has 18 nitrogen and oxygen atoms in total. The molecule has 1 amide bonds. The van der Waals surface area contributed by atoms with Crippen molar-refractivity contribution < 1.29 is 24.2 Å². The van der Waals surface area contributed by atoms with Gasteiger partial charge in [-0.2, -0.15) is 9.97 Å². The molecule has 4 atom stereocenters. The molecule has 1 fully saturated rings. The Morgan fingerprint density at radius 2 is 1.80 bits per heavy atom. The molecule has 5 aromatic heterocycles. The molecule has 7 rings (SSSR count). The molecule has 6 aromatic rings. The van der Waals surface area contributed by atoms with Crippen molar-refractivity contribution in [2.45, 2.75) is 64.8 Å². The number of likely N-dealkylation sites (N-methyl/N-ethyl adjacent to an activating group) is 1. The second kappa shape index (κ2) is 12.7. The van der Waals surface area contributed by atoms with E-state index < -0.39 is 41.7 Å². The number of aliphatic hydroxyl groups excluding tert-OH is 2. The van der Waals surface area contributed by atoms with Crippen LogP contribution in [0, 0.1) is 0 Å². The van der Waals surface area contributed by atoms with E-state index in [9.17, 15) is 24.6 Å². The molecule has 0 radical (unpaired) electrons.